The predicted octanol–water partition coefficient (Wildman–Crippen LogP) is 4.00. The van der Waals surface area contributed by atoms with E-state index in [0.717, 1.165) is 6.42 Å². The number of amides is 1. The number of aliphatic hydroxyl groups excluding tert-OH is 1. The second-order valence-corrected chi connectivity index (χ2v) is 11.1. The van der Waals surface area contributed by atoms with Gasteiger partial charge in [-0.15, -0.1) is 0 Å². The summed E-state index contributed by atoms with van der Waals surface area (Å²) in [5.41, 5.74) is 0. The van der Waals surface area contributed by atoms with E-state index in [2.05, 4.69) is 16.8 Å². The summed E-state index contributed by atoms with van der Waals surface area (Å²) >= 11 is 0. The Bertz CT molecular complexity index is 510. The minimum atomic E-state index is -4.26. The maximum absolute atomic E-state index is 10.7. The lowest BCUT2D eigenvalue weighted by molar-refractivity contribution is -0.870. The first kappa shape index (κ1) is 35.6. The van der Waals surface area contributed by atoms with Gasteiger partial charge in [0.05, 0.1) is 33.9 Å². The van der Waals surface area contributed by atoms with Gasteiger partial charge in [-0.3, -0.25) is 9.32 Å². The van der Waals surface area contributed by atoms with E-state index in [4.69, 9.17) is 14.5 Å². The third kappa shape index (κ3) is 36.0. The highest BCUT2D eigenvalue weighted by molar-refractivity contribution is 7.46. The fourth-order valence-electron chi connectivity index (χ4n) is 3.02. The number of hydrogen-bond acceptors (Lipinski definition) is 5. The molecule has 1 unspecified atom stereocenters. The molecule has 1 atom stereocenters. The molecular formula is C24H54N2O7P+. The molecule has 0 aliphatic carbocycles. The highest BCUT2D eigenvalue weighted by atomic mass is 31.2. The van der Waals surface area contributed by atoms with E-state index in [-0.39, 0.29) is 19.1 Å². The Kier molecular flexibility index (Phi) is 24.0. The van der Waals surface area contributed by atoms with Crippen LogP contribution in [-0.2, 0) is 18.6 Å². The molecule has 4 N–H and O–H groups in total. The van der Waals surface area contributed by atoms with Gasteiger partial charge < -0.3 is 29.4 Å². The number of ether oxygens (including phenoxy) is 1. The molecule has 10 heteroatoms. The zero-order valence-corrected chi connectivity index (χ0v) is 23.4. The Hall–Kier alpha value is -0.540. The van der Waals surface area contributed by atoms with Crippen LogP contribution in [0.3, 0.4) is 0 Å². The third-order valence-corrected chi connectivity index (χ3v) is 5.58. The van der Waals surface area contributed by atoms with Crippen LogP contribution < -0.4 is 5.32 Å². The number of quaternary nitrogens is 1. The van der Waals surface area contributed by atoms with Crippen LogP contribution in [0, 0.1) is 0 Å². The summed E-state index contributed by atoms with van der Waals surface area (Å²) in [7, 11) is 1.50. The van der Waals surface area contributed by atoms with Gasteiger partial charge in [-0.1, -0.05) is 77.6 Å². The Balaban J connectivity index is 0. The van der Waals surface area contributed by atoms with Crippen molar-refractivity contribution in [2.75, 3.05) is 54.1 Å². The summed E-state index contributed by atoms with van der Waals surface area (Å²) in [6.07, 6.45) is 15.4. The van der Waals surface area contributed by atoms with Crippen molar-refractivity contribution in [1.29, 1.82) is 0 Å². The van der Waals surface area contributed by atoms with Gasteiger partial charge in [-0.05, 0) is 6.42 Å². The molecule has 0 saturated heterocycles. The average molecular weight is 514 g/mol. The molecule has 0 heterocycles. The fourth-order valence-corrected chi connectivity index (χ4v) is 3.34. The van der Waals surface area contributed by atoms with Crippen molar-refractivity contribution in [1.82, 2.24) is 5.32 Å². The number of carbonyl (C=O) groups excluding carboxylic acids is 1. The summed E-state index contributed by atoms with van der Waals surface area (Å²) in [5, 5.41) is 12.1. The van der Waals surface area contributed by atoms with Gasteiger partial charge in [-0.25, -0.2) is 4.57 Å². The molecular weight excluding hydrogens is 459 g/mol. The van der Waals surface area contributed by atoms with Gasteiger partial charge >= 0.3 is 7.82 Å². The maximum atomic E-state index is 10.7. The van der Waals surface area contributed by atoms with Crippen molar-refractivity contribution in [2.24, 2.45) is 0 Å². The molecule has 9 nitrogen and oxygen atoms in total. The van der Waals surface area contributed by atoms with Crippen molar-refractivity contribution in [3.63, 3.8) is 0 Å². The van der Waals surface area contributed by atoms with E-state index in [1.54, 1.807) is 0 Å². The Morgan fingerprint density at radius 1 is 0.882 bits per heavy atom. The van der Waals surface area contributed by atoms with Crippen LogP contribution in [0.25, 0.3) is 0 Å². The zero-order valence-electron chi connectivity index (χ0n) is 22.5. The van der Waals surface area contributed by atoms with Gasteiger partial charge in [0.2, 0.25) is 5.91 Å². The number of carbonyl (C=O) groups is 1. The molecule has 0 fully saturated rings. The van der Waals surface area contributed by atoms with Crippen LogP contribution >= 0.6 is 7.82 Å². The maximum Gasteiger partial charge on any atom is 0.469 e. The van der Waals surface area contributed by atoms with E-state index in [9.17, 15) is 14.5 Å². The molecule has 0 aliphatic rings. The number of unbranched alkanes of at least 4 members (excludes halogenated alkanes) is 11. The first-order chi connectivity index (χ1) is 15.9. The standard InChI is InChI=1S/C19H39NO3.C5H14NO4P/c1-3-4-5-6-7-8-9-10-11-12-13-14-15-23-17-19(22)16-20-18(2)21;1-6(2,3)4-5-10-11(7,8)9/h19,22H,3-17H2,1-2H3,(H,20,21);4-5H2,1-3H3,(H-,7,8,9)/p+1. The summed E-state index contributed by atoms with van der Waals surface area (Å²) < 4.78 is 20.5. The average Bonchev–Trinajstić information content (AvgIpc) is 2.71. The van der Waals surface area contributed by atoms with Crippen LogP contribution in [0.4, 0.5) is 0 Å². The molecule has 0 rings (SSSR count). The van der Waals surface area contributed by atoms with Crippen LogP contribution in [0.5, 0.6) is 0 Å². The minimum absolute atomic E-state index is 0.0772. The molecule has 0 aromatic carbocycles. The number of likely N-dealkylation sites (N-methyl/N-ethyl adjacent to an activating group) is 1. The zero-order chi connectivity index (χ0) is 26.3. The lowest BCUT2D eigenvalue weighted by atomic mass is 10.1. The van der Waals surface area contributed by atoms with E-state index in [1.807, 2.05) is 21.1 Å². The summed E-state index contributed by atoms with van der Waals surface area (Å²) in [4.78, 5) is 27.3. The summed E-state index contributed by atoms with van der Waals surface area (Å²) in [6, 6.07) is 0. The number of phosphoric acid groups is 1. The SMILES string of the molecule is CCCCCCCCCCCCCCOCC(O)CNC(C)=O.C[N+](C)(C)CCOP(=O)(O)O. The minimum Gasteiger partial charge on any atom is -0.389 e. The number of phosphoric ester groups is 1. The van der Waals surface area contributed by atoms with E-state index in [1.165, 1.54) is 77.6 Å². The smallest absolute Gasteiger partial charge is 0.389 e. The molecule has 34 heavy (non-hydrogen) atoms. The molecule has 0 aromatic heterocycles. The molecule has 0 saturated carbocycles. The van der Waals surface area contributed by atoms with E-state index in [0.29, 0.717) is 24.2 Å². The predicted molar refractivity (Wildman–Crippen MR) is 137 cm³/mol. The van der Waals surface area contributed by atoms with Crippen LogP contribution in [0.1, 0.15) is 90.9 Å². The van der Waals surface area contributed by atoms with Gasteiger partial charge in [0.25, 0.3) is 0 Å². The molecule has 0 spiro atoms. The van der Waals surface area contributed by atoms with Crippen molar-refractivity contribution in [3.05, 3.63) is 0 Å². The lowest BCUT2D eigenvalue weighted by Crippen LogP contribution is -2.37. The van der Waals surface area contributed by atoms with Crippen molar-refractivity contribution in [2.45, 2.75) is 97.0 Å². The lowest BCUT2D eigenvalue weighted by Gasteiger charge is -2.23. The number of nitrogens with zero attached hydrogens (tertiary/aromatic N) is 1. The topological polar surface area (TPSA) is 125 Å². The van der Waals surface area contributed by atoms with Crippen LogP contribution in [-0.4, -0.2) is 85.4 Å². The Morgan fingerprint density at radius 2 is 1.35 bits per heavy atom. The van der Waals surface area contributed by atoms with E-state index >= 15 is 0 Å². The second kappa shape index (κ2) is 22.9. The number of hydrogen-bond donors (Lipinski definition) is 4. The molecule has 1 amide bonds. The van der Waals surface area contributed by atoms with Crippen molar-refractivity contribution >= 4 is 13.7 Å². The highest BCUT2D eigenvalue weighted by Gasteiger charge is 2.16. The summed E-state index contributed by atoms with van der Waals surface area (Å²) in [6.45, 7) is 5.64. The fraction of sp³-hybridized carbons (Fsp3) is 0.958. The van der Waals surface area contributed by atoms with Gasteiger partial charge in [0.1, 0.15) is 13.2 Å². The van der Waals surface area contributed by atoms with Gasteiger partial charge in [0, 0.05) is 20.1 Å². The molecule has 0 aromatic rings. The van der Waals surface area contributed by atoms with E-state index < -0.39 is 13.9 Å². The summed E-state index contributed by atoms with van der Waals surface area (Å²) in [5.74, 6) is -0.120. The van der Waals surface area contributed by atoms with Gasteiger partial charge in [-0.2, -0.15) is 0 Å². The Labute approximate surface area is 208 Å². The first-order valence-electron chi connectivity index (χ1n) is 12.9. The Morgan fingerprint density at radius 3 is 1.76 bits per heavy atom. The molecule has 206 valence electrons. The van der Waals surface area contributed by atoms with Crippen molar-refractivity contribution in [3.8, 4) is 0 Å². The second-order valence-electron chi connectivity index (χ2n) is 9.89. The van der Waals surface area contributed by atoms with Crippen LogP contribution in [0.2, 0.25) is 0 Å². The quantitative estimate of drug-likeness (QED) is 0.104. The molecule has 0 bridgehead atoms. The third-order valence-electron chi connectivity index (χ3n) is 5.06. The normalized spacial score (nSPS) is 12.7. The largest absolute Gasteiger partial charge is 0.469 e. The number of aliphatic hydroxyl groups is 1. The van der Waals surface area contributed by atoms with Crippen LogP contribution in [0.15, 0.2) is 0 Å². The number of rotatable bonds is 21. The van der Waals surface area contributed by atoms with Crippen molar-refractivity contribution < 1.29 is 38.0 Å². The highest BCUT2D eigenvalue weighted by Crippen LogP contribution is 2.35. The first-order valence-corrected chi connectivity index (χ1v) is 14.4. The number of nitrogens with one attached hydrogen (secondary N) is 1. The molecule has 0 aliphatic heterocycles. The van der Waals surface area contributed by atoms with Gasteiger partial charge in [0.15, 0.2) is 0 Å². The molecule has 0 radical (unpaired) electrons. The monoisotopic (exact) mass is 513 g/mol.